The molecular weight excluding hydrogens is 253 g/mol. The molecule has 0 fully saturated rings. The molecule has 0 aromatic carbocycles. The molecule has 0 unspecified atom stereocenters. The number of rotatable bonds is 3. The Morgan fingerprint density at radius 1 is 1.33 bits per heavy atom. The first-order valence-corrected chi connectivity index (χ1v) is 5.15. The molecule has 1 rings (SSSR count). The maximum atomic E-state index is 2.29. The molecule has 0 saturated heterocycles. The molecule has 1 aliphatic carbocycles. The number of hydrogen-bond acceptors (Lipinski definition) is 0. The molecule has 0 bridgehead atoms. The fraction of sp³-hybridized carbons (Fsp3) is 0.500. The molecule has 0 aliphatic heterocycles. The van der Waals surface area contributed by atoms with Gasteiger partial charge in [-0.2, -0.15) is 0 Å². The molecule has 4 heteroatoms. The summed E-state index contributed by atoms with van der Waals surface area (Å²) in [6.45, 7) is 2.26. The van der Waals surface area contributed by atoms with Crippen LogP contribution >= 0.6 is 37.2 Å². The molecule has 0 aromatic heterocycles. The van der Waals surface area contributed by atoms with Crippen LogP contribution in [0, 0.1) is 0 Å². The standard InChI is InChI=1S/C5H5.C3H7.3ClH.V/c1-2-4-5-3-1;1-3-2;;;;/h1-3H,4H2;1,3H2,2H3;3*1H;. The van der Waals surface area contributed by atoms with Gasteiger partial charge in [0.25, 0.3) is 0 Å². The van der Waals surface area contributed by atoms with Crippen molar-refractivity contribution in [2.75, 3.05) is 0 Å². The predicted octanol–water partition coefficient (Wildman–Crippen LogP) is 4.01. The minimum absolute atomic E-state index is 0. The van der Waals surface area contributed by atoms with E-state index in [0.29, 0.717) is 16.3 Å². The van der Waals surface area contributed by atoms with Crippen molar-refractivity contribution in [3.8, 4) is 0 Å². The maximum absolute atomic E-state index is 2.29. The Morgan fingerprint density at radius 2 is 2.00 bits per heavy atom. The summed E-state index contributed by atoms with van der Waals surface area (Å²) in [6.07, 6.45) is 9.33. The summed E-state index contributed by atoms with van der Waals surface area (Å²) < 4.78 is 1.70. The molecular formula is C8H15Cl3V. The van der Waals surface area contributed by atoms with Crippen molar-refractivity contribution in [3.05, 3.63) is 22.5 Å². The molecule has 0 amide bonds. The van der Waals surface area contributed by atoms with E-state index < -0.39 is 0 Å². The molecule has 0 saturated carbocycles. The van der Waals surface area contributed by atoms with Gasteiger partial charge in [-0.05, 0) is 0 Å². The van der Waals surface area contributed by atoms with Crippen molar-refractivity contribution in [1.82, 2.24) is 0 Å². The second-order valence-electron chi connectivity index (χ2n) is 2.17. The van der Waals surface area contributed by atoms with E-state index in [1.54, 1.807) is 4.28 Å². The van der Waals surface area contributed by atoms with E-state index in [1.807, 2.05) is 0 Å². The van der Waals surface area contributed by atoms with Gasteiger partial charge in [0.1, 0.15) is 0 Å². The van der Waals surface area contributed by atoms with Crippen LogP contribution in [0.1, 0.15) is 19.8 Å². The molecule has 0 N–H and O–H groups in total. The van der Waals surface area contributed by atoms with Crippen LogP contribution in [0.2, 0.25) is 5.13 Å². The second-order valence-corrected chi connectivity index (χ2v) is 4.26. The van der Waals surface area contributed by atoms with E-state index in [9.17, 15) is 0 Å². The molecule has 0 nitrogen and oxygen atoms in total. The number of hydrogen-bond donors (Lipinski definition) is 0. The van der Waals surface area contributed by atoms with E-state index in [4.69, 9.17) is 0 Å². The van der Waals surface area contributed by atoms with E-state index in [1.165, 1.54) is 18.0 Å². The van der Waals surface area contributed by atoms with E-state index in [-0.39, 0.29) is 37.2 Å². The van der Waals surface area contributed by atoms with Crippen LogP contribution in [0.3, 0.4) is 0 Å². The zero-order valence-electron chi connectivity index (χ0n) is 7.03. The smallest absolute Gasteiger partial charge is 0.147 e. The molecule has 0 atom stereocenters. The van der Waals surface area contributed by atoms with Gasteiger partial charge < -0.3 is 0 Å². The Hall–Kier alpha value is 0.934. The normalized spacial score (nSPS) is 11.9. The molecule has 0 spiro atoms. The van der Waals surface area contributed by atoms with E-state index in [2.05, 4.69) is 25.2 Å². The van der Waals surface area contributed by atoms with Crippen LogP contribution in [0.15, 0.2) is 22.5 Å². The zero-order valence-corrected chi connectivity index (χ0v) is 10.9. The third-order valence-electron chi connectivity index (χ3n) is 1.29. The summed E-state index contributed by atoms with van der Waals surface area (Å²) in [5.74, 6) is 0. The summed E-state index contributed by atoms with van der Waals surface area (Å²) in [4.78, 5) is 0. The Labute approximate surface area is 101 Å². The first kappa shape index (κ1) is 18.7. The van der Waals surface area contributed by atoms with Gasteiger partial charge in [0.2, 0.25) is 0 Å². The van der Waals surface area contributed by atoms with Gasteiger partial charge >= 0.3 is 63.7 Å². The summed E-state index contributed by atoms with van der Waals surface area (Å²) in [7, 11) is 0. The fourth-order valence-corrected chi connectivity index (χ4v) is 2.27. The van der Waals surface area contributed by atoms with Crippen LogP contribution in [-0.2, 0) is 16.3 Å². The monoisotopic (exact) mass is 267 g/mol. The van der Waals surface area contributed by atoms with Crippen LogP contribution < -0.4 is 0 Å². The van der Waals surface area contributed by atoms with Gasteiger partial charge in [0, 0.05) is 0 Å². The molecule has 1 aliphatic rings. The van der Waals surface area contributed by atoms with Gasteiger partial charge in [-0.25, -0.2) is 0 Å². The Kier molecular flexibility index (Phi) is 18.6. The minimum atomic E-state index is 0. The first-order valence-electron chi connectivity index (χ1n) is 3.46. The SMILES string of the molecule is CC[CH2][V][C]1=CC=CC1.Cl.Cl.Cl. The average molecular weight is 269 g/mol. The largest absolute Gasteiger partial charge is 0.147 e. The summed E-state index contributed by atoms with van der Waals surface area (Å²) >= 11 is 0.551. The van der Waals surface area contributed by atoms with Crippen molar-refractivity contribution in [2.45, 2.75) is 24.9 Å². The van der Waals surface area contributed by atoms with Crippen molar-refractivity contribution in [2.24, 2.45) is 0 Å². The molecule has 0 heterocycles. The number of halogens is 3. The van der Waals surface area contributed by atoms with E-state index >= 15 is 0 Å². The first-order chi connectivity index (χ1) is 4.43. The Morgan fingerprint density at radius 3 is 2.42 bits per heavy atom. The van der Waals surface area contributed by atoms with Gasteiger partial charge in [-0.3, -0.25) is 0 Å². The van der Waals surface area contributed by atoms with Gasteiger partial charge in [0.05, 0.1) is 0 Å². The van der Waals surface area contributed by atoms with E-state index in [0.717, 1.165) is 0 Å². The minimum Gasteiger partial charge on any atom is -0.147 e. The van der Waals surface area contributed by atoms with Gasteiger partial charge in [-0.15, -0.1) is 37.2 Å². The fourth-order valence-electron chi connectivity index (χ4n) is 0.809. The van der Waals surface area contributed by atoms with Crippen LogP contribution in [0.25, 0.3) is 0 Å². The van der Waals surface area contributed by atoms with Crippen molar-refractivity contribution in [1.29, 1.82) is 0 Å². The second kappa shape index (κ2) is 11.9. The quantitative estimate of drug-likeness (QED) is 0.725. The topological polar surface area (TPSA) is 0 Å². The van der Waals surface area contributed by atoms with Crippen molar-refractivity contribution < 1.29 is 16.3 Å². The van der Waals surface area contributed by atoms with Crippen molar-refractivity contribution in [3.63, 3.8) is 0 Å². The van der Waals surface area contributed by atoms with Crippen LogP contribution in [0.4, 0.5) is 0 Å². The summed E-state index contributed by atoms with van der Waals surface area (Å²) in [6, 6.07) is 0. The zero-order chi connectivity index (χ0) is 6.53. The average Bonchev–Trinajstić information content (AvgIpc) is 2.34. The van der Waals surface area contributed by atoms with Crippen LogP contribution in [0.5, 0.6) is 0 Å². The third kappa shape index (κ3) is 7.58. The molecule has 0 radical (unpaired) electrons. The third-order valence-corrected chi connectivity index (χ3v) is 3.49. The number of allylic oxidation sites excluding steroid dienone is 4. The summed E-state index contributed by atoms with van der Waals surface area (Å²) in [5.41, 5.74) is 0. The summed E-state index contributed by atoms with van der Waals surface area (Å²) in [5, 5.41) is 1.45. The Balaban J connectivity index is -0.000000270. The van der Waals surface area contributed by atoms with Crippen LogP contribution in [-0.4, -0.2) is 0 Å². The van der Waals surface area contributed by atoms with Crippen molar-refractivity contribution >= 4 is 37.2 Å². The maximum Gasteiger partial charge on any atom is -0.147 e. The predicted molar refractivity (Wildman–Crippen MR) is 58.7 cm³/mol. The molecule has 12 heavy (non-hydrogen) atoms. The van der Waals surface area contributed by atoms with Gasteiger partial charge in [-0.1, -0.05) is 0 Å². The Bertz CT molecular complexity index is 143. The molecule has 0 aromatic rings. The van der Waals surface area contributed by atoms with Gasteiger partial charge in [0.15, 0.2) is 0 Å². The molecule has 73 valence electrons.